The van der Waals surface area contributed by atoms with E-state index in [1.807, 2.05) is 6.20 Å². The molecule has 2 heteroatoms. The van der Waals surface area contributed by atoms with Gasteiger partial charge in [-0.05, 0) is 36.0 Å². The smallest absolute Gasteiger partial charge is 0.0653 e. The highest BCUT2D eigenvalue weighted by Crippen LogP contribution is 2.32. The van der Waals surface area contributed by atoms with Crippen molar-refractivity contribution in [3.05, 3.63) is 29.5 Å². The number of nitrogens with one attached hydrogen (secondary N) is 1. The molecule has 15 heavy (non-hydrogen) atoms. The topological polar surface area (TPSA) is 28.7 Å². The predicted octanol–water partition coefficient (Wildman–Crippen LogP) is 3.63. The van der Waals surface area contributed by atoms with Gasteiger partial charge in [-0.3, -0.25) is 5.10 Å². The first-order valence-electron chi connectivity index (χ1n) is 5.54. The Bertz CT molecular complexity index is 468. The van der Waals surface area contributed by atoms with Crippen LogP contribution in [0.25, 0.3) is 10.9 Å². The van der Waals surface area contributed by atoms with Crippen molar-refractivity contribution in [1.82, 2.24) is 10.2 Å². The average Bonchev–Trinajstić information content (AvgIpc) is 2.64. The van der Waals surface area contributed by atoms with Crippen LogP contribution in [-0.2, 0) is 0 Å². The number of hydrogen-bond donors (Lipinski definition) is 1. The van der Waals surface area contributed by atoms with Gasteiger partial charge in [0.1, 0.15) is 0 Å². The lowest BCUT2D eigenvalue weighted by molar-refractivity contribution is 0.536. The van der Waals surface area contributed by atoms with E-state index in [-0.39, 0.29) is 0 Å². The monoisotopic (exact) mass is 202 g/mol. The van der Waals surface area contributed by atoms with Crippen LogP contribution < -0.4 is 0 Å². The molecule has 0 amide bonds. The lowest BCUT2D eigenvalue weighted by Gasteiger charge is -2.19. The van der Waals surface area contributed by atoms with E-state index in [4.69, 9.17) is 0 Å². The van der Waals surface area contributed by atoms with Crippen LogP contribution in [0.5, 0.6) is 0 Å². The van der Waals surface area contributed by atoms with Crippen LogP contribution in [0.1, 0.15) is 37.8 Å². The summed E-state index contributed by atoms with van der Waals surface area (Å²) in [5, 5.41) is 8.43. The third kappa shape index (κ3) is 1.65. The summed E-state index contributed by atoms with van der Waals surface area (Å²) in [6.07, 6.45) is 1.94. The van der Waals surface area contributed by atoms with E-state index in [1.54, 1.807) is 0 Å². The maximum absolute atomic E-state index is 4.12. The summed E-state index contributed by atoms with van der Waals surface area (Å²) in [6.45, 7) is 9.01. The van der Waals surface area contributed by atoms with Crippen molar-refractivity contribution < 1.29 is 0 Å². The summed E-state index contributed by atoms with van der Waals surface area (Å²) in [4.78, 5) is 0. The summed E-state index contributed by atoms with van der Waals surface area (Å²) >= 11 is 0. The Morgan fingerprint density at radius 1 is 1.20 bits per heavy atom. The molecule has 1 atom stereocenters. The van der Waals surface area contributed by atoms with Crippen molar-refractivity contribution in [2.45, 2.75) is 33.6 Å². The summed E-state index contributed by atoms with van der Waals surface area (Å²) in [6, 6.07) is 4.28. The minimum absolute atomic E-state index is 0.575. The molecule has 0 saturated carbocycles. The molecule has 1 aromatic heterocycles. The second-order valence-corrected chi connectivity index (χ2v) is 4.66. The van der Waals surface area contributed by atoms with Gasteiger partial charge in [-0.15, -0.1) is 0 Å². The SMILES string of the molecule is Cc1ccc2[nH]ncc2c1C(C)C(C)C. The lowest BCUT2D eigenvalue weighted by Crippen LogP contribution is -2.04. The molecule has 1 heterocycles. The molecule has 0 aliphatic carbocycles. The normalized spacial score (nSPS) is 13.7. The molecule has 0 fully saturated rings. The zero-order valence-electron chi connectivity index (χ0n) is 9.83. The van der Waals surface area contributed by atoms with E-state index in [2.05, 4.69) is 50.0 Å². The van der Waals surface area contributed by atoms with E-state index in [1.165, 1.54) is 16.5 Å². The van der Waals surface area contributed by atoms with Gasteiger partial charge in [-0.1, -0.05) is 26.8 Å². The molecule has 0 aliphatic rings. The van der Waals surface area contributed by atoms with Gasteiger partial charge < -0.3 is 0 Å². The van der Waals surface area contributed by atoms with Crippen LogP contribution >= 0.6 is 0 Å². The molecular weight excluding hydrogens is 184 g/mol. The fourth-order valence-corrected chi connectivity index (χ4v) is 2.09. The van der Waals surface area contributed by atoms with Crippen molar-refractivity contribution >= 4 is 10.9 Å². The molecular formula is C13H18N2. The first-order valence-corrected chi connectivity index (χ1v) is 5.54. The van der Waals surface area contributed by atoms with Crippen LogP contribution in [-0.4, -0.2) is 10.2 Å². The van der Waals surface area contributed by atoms with Crippen LogP contribution in [0.15, 0.2) is 18.3 Å². The minimum atomic E-state index is 0.575. The van der Waals surface area contributed by atoms with Gasteiger partial charge in [0.25, 0.3) is 0 Å². The molecule has 0 saturated heterocycles. The Labute approximate surface area is 90.7 Å². The number of aryl methyl sites for hydroxylation is 1. The van der Waals surface area contributed by atoms with Crippen molar-refractivity contribution in [1.29, 1.82) is 0 Å². The van der Waals surface area contributed by atoms with E-state index >= 15 is 0 Å². The molecule has 2 nitrogen and oxygen atoms in total. The first-order chi connectivity index (χ1) is 7.11. The molecule has 2 rings (SSSR count). The Morgan fingerprint density at radius 2 is 1.93 bits per heavy atom. The highest BCUT2D eigenvalue weighted by atomic mass is 15.1. The van der Waals surface area contributed by atoms with Gasteiger partial charge in [-0.2, -0.15) is 5.10 Å². The van der Waals surface area contributed by atoms with Crippen molar-refractivity contribution in [2.24, 2.45) is 5.92 Å². The van der Waals surface area contributed by atoms with E-state index < -0.39 is 0 Å². The number of benzene rings is 1. The van der Waals surface area contributed by atoms with Crippen molar-refractivity contribution in [2.75, 3.05) is 0 Å². The second-order valence-electron chi connectivity index (χ2n) is 4.66. The molecule has 0 radical (unpaired) electrons. The molecule has 1 N–H and O–H groups in total. The summed E-state index contributed by atoms with van der Waals surface area (Å²) in [5.74, 6) is 1.23. The number of rotatable bonds is 2. The lowest BCUT2D eigenvalue weighted by atomic mass is 9.86. The fourth-order valence-electron chi connectivity index (χ4n) is 2.09. The summed E-state index contributed by atoms with van der Waals surface area (Å²) in [5.41, 5.74) is 3.95. The Morgan fingerprint density at radius 3 is 2.60 bits per heavy atom. The molecule has 1 aromatic carbocycles. The Balaban J connectivity index is 2.66. The molecule has 2 aromatic rings. The van der Waals surface area contributed by atoms with Crippen LogP contribution in [0.3, 0.4) is 0 Å². The summed E-state index contributed by atoms with van der Waals surface area (Å²) < 4.78 is 0. The second kappa shape index (κ2) is 3.69. The van der Waals surface area contributed by atoms with E-state index in [9.17, 15) is 0 Å². The number of H-pyrrole nitrogens is 1. The standard InChI is InChI=1S/C13H18N2/c1-8(2)10(4)13-9(3)5-6-12-11(13)7-14-15-12/h5-8,10H,1-4H3,(H,14,15). The van der Waals surface area contributed by atoms with Gasteiger partial charge in [0.15, 0.2) is 0 Å². The van der Waals surface area contributed by atoms with Gasteiger partial charge in [-0.25, -0.2) is 0 Å². The maximum Gasteiger partial charge on any atom is 0.0653 e. The van der Waals surface area contributed by atoms with Crippen LogP contribution in [0.4, 0.5) is 0 Å². The Kier molecular flexibility index (Phi) is 2.51. The van der Waals surface area contributed by atoms with Gasteiger partial charge in [0, 0.05) is 5.39 Å². The van der Waals surface area contributed by atoms with Gasteiger partial charge in [0.2, 0.25) is 0 Å². The Hall–Kier alpha value is -1.31. The first kappa shape index (κ1) is 10.2. The largest absolute Gasteiger partial charge is 0.278 e. The summed E-state index contributed by atoms with van der Waals surface area (Å²) in [7, 11) is 0. The van der Waals surface area contributed by atoms with Crippen LogP contribution in [0, 0.1) is 12.8 Å². The minimum Gasteiger partial charge on any atom is -0.278 e. The van der Waals surface area contributed by atoms with Gasteiger partial charge in [0.05, 0.1) is 11.7 Å². The molecule has 0 spiro atoms. The van der Waals surface area contributed by atoms with Crippen molar-refractivity contribution in [3.8, 4) is 0 Å². The number of fused-ring (bicyclic) bond motifs is 1. The maximum atomic E-state index is 4.12. The van der Waals surface area contributed by atoms with Crippen LogP contribution in [0.2, 0.25) is 0 Å². The van der Waals surface area contributed by atoms with Gasteiger partial charge >= 0.3 is 0 Å². The average molecular weight is 202 g/mol. The molecule has 1 unspecified atom stereocenters. The number of aromatic amines is 1. The zero-order valence-corrected chi connectivity index (χ0v) is 9.83. The molecule has 0 bridgehead atoms. The quantitative estimate of drug-likeness (QED) is 0.791. The number of nitrogens with zero attached hydrogens (tertiary/aromatic N) is 1. The highest BCUT2D eigenvalue weighted by Gasteiger charge is 2.16. The van der Waals surface area contributed by atoms with E-state index in [0.29, 0.717) is 11.8 Å². The van der Waals surface area contributed by atoms with E-state index in [0.717, 1.165) is 5.52 Å². The van der Waals surface area contributed by atoms with Crippen molar-refractivity contribution in [3.63, 3.8) is 0 Å². The third-order valence-corrected chi connectivity index (χ3v) is 3.34. The number of aromatic nitrogens is 2. The zero-order chi connectivity index (χ0) is 11.0. The highest BCUT2D eigenvalue weighted by molar-refractivity contribution is 5.83. The third-order valence-electron chi connectivity index (χ3n) is 3.34. The molecule has 80 valence electrons. The molecule has 0 aliphatic heterocycles. The fraction of sp³-hybridized carbons (Fsp3) is 0.462. The predicted molar refractivity (Wildman–Crippen MR) is 64.1 cm³/mol. The number of hydrogen-bond acceptors (Lipinski definition) is 1.